The SMILES string of the molecule is Cc1ncsc1-c1ccc(CNC(=O)[C@@H]2C[C@@H](O)CN2C(=O)[C@@H](C(CCCCCCCC(N)=O)C(N)=O)C(C)(C)C)cc1. The summed E-state index contributed by atoms with van der Waals surface area (Å²) in [6.45, 7) is 7.96. The summed E-state index contributed by atoms with van der Waals surface area (Å²) in [7, 11) is 0. The number of carbonyl (C=O) groups is 4. The largest absolute Gasteiger partial charge is 0.391 e. The topological polar surface area (TPSA) is 169 Å². The van der Waals surface area contributed by atoms with Gasteiger partial charge in [-0.25, -0.2) is 4.98 Å². The molecule has 4 amide bonds. The quantitative estimate of drug-likeness (QED) is 0.223. The van der Waals surface area contributed by atoms with Crippen molar-refractivity contribution in [1.82, 2.24) is 15.2 Å². The number of unbranched alkanes of at least 4 members (excludes halogenated alkanes) is 4. The van der Waals surface area contributed by atoms with Crippen LogP contribution in [0.15, 0.2) is 29.8 Å². The van der Waals surface area contributed by atoms with Gasteiger partial charge in [0.05, 0.1) is 28.1 Å². The number of benzene rings is 1. The van der Waals surface area contributed by atoms with Crippen molar-refractivity contribution in [2.75, 3.05) is 6.54 Å². The molecular weight excluding hydrogens is 566 g/mol. The molecule has 1 aliphatic heterocycles. The zero-order chi connectivity index (χ0) is 31.7. The van der Waals surface area contributed by atoms with Crippen LogP contribution in [0, 0.1) is 24.2 Å². The first kappa shape index (κ1) is 34.2. The number of nitrogens with one attached hydrogen (secondary N) is 1. The maximum Gasteiger partial charge on any atom is 0.243 e. The Hall–Kier alpha value is -3.31. The number of carbonyl (C=O) groups excluding carboxylic acids is 4. The van der Waals surface area contributed by atoms with Crippen LogP contribution in [0.1, 0.15) is 83.4 Å². The molecule has 2 heterocycles. The molecule has 1 aromatic heterocycles. The Labute approximate surface area is 258 Å². The number of nitrogens with two attached hydrogens (primary N) is 2. The minimum Gasteiger partial charge on any atom is -0.391 e. The van der Waals surface area contributed by atoms with Crippen LogP contribution >= 0.6 is 11.3 Å². The van der Waals surface area contributed by atoms with Gasteiger partial charge in [-0.1, -0.05) is 70.7 Å². The Bertz CT molecular complexity index is 1260. The maximum atomic E-state index is 14.1. The van der Waals surface area contributed by atoms with Crippen molar-refractivity contribution < 1.29 is 24.3 Å². The Morgan fingerprint density at radius 1 is 1.07 bits per heavy atom. The molecule has 0 radical (unpaired) electrons. The summed E-state index contributed by atoms with van der Waals surface area (Å²) < 4.78 is 0. The number of hydrogen-bond acceptors (Lipinski definition) is 7. The van der Waals surface area contributed by atoms with Crippen molar-refractivity contribution in [3.8, 4) is 10.4 Å². The average Bonchev–Trinajstić information content (AvgIpc) is 3.54. The number of aryl methyl sites for hydroxylation is 1. The number of likely N-dealkylation sites (tertiary alicyclic amines) is 1. The first-order valence-electron chi connectivity index (χ1n) is 15.1. The molecule has 0 saturated carbocycles. The van der Waals surface area contributed by atoms with Gasteiger partial charge in [-0.15, -0.1) is 11.3 Å². The highest BCUT2D eigenvalue weighted by atomic mass is 32.1. The number of thiazole rings is 1. The average molecular weight is 614 g/mol. The third-order valence-corrected chi connectivity index (χ3v) is 9.18. The lowest BCUT2D eigenvalue weighted by Gasteiger charge is -2.38. The van der Waals surface area contributed by atoms with Gasteiger partial charge in [0.25, 0.3) is 0 Å². The van der Waals surface area contributed by atoms with Crippen molar-refractivity contribution in [1.29, 1.82) is 0 Å². The Balaban J connectivity index is 1.65. The highest BCUT2D eigenvalue weighted by molar-refractivity contribution is 7.13. The number of aromatic nitrogens is 1. The first-order valence-corrected chi connectivity index (χ1v) is 16.0. The summed E-state index contributed by atoms with van der Waals surface area (Å²) in [5.41, 5.74) is 15.2. The van der Waals surface area contributed by atoms with Crippen LogP contribution in [-0.4, -0.2) is 57.3 Å². The fourth-order valence-electron chi connectivity index (χ4n) is 5.96. The van der Waals surface area contributed by atoms with Gasteiger partial charge in [0.15, 0.2) is 0 Å². The summed E-state index contributed by atoms with van der Waals surface area (Å²) in [5.74, 6) is -2.98. The maximum absolute atomic E-state index is 14.1. The van der Waals surface area contributed by atoms with Crippen molar-refractivity contribution >= 4 is 35.0 Å². The third-order valence-electron chi connectivity index (χ3n) is 8.20. The van der Waals surface area contributed by atoms with E-state index in [1.807, 2.05) is 57.5 Å². The number of nitrogens with zero attached hydrogens (tertiary/aromatic N) is 2. The van der Waals surface area contributed by atoms with E-state index in [-0.39, 0.29) is 37.2 Å². The second kappa shape index (κ2) is 15.4. The van der Waals surface area contributed by atoms with Gasteiger partial charge in [0.1, 0.15) is 6.04 Å². The van der Waals surface area contributed by atoms with E-state index in [0.717, 1.165) is 47.4 Å². The summed E-state index contributed by atoms with van der Waals surface area (Å²) in [4.78, 5) is 57.9. The summed E-state index contributed by atoms with van der Waals surface area (Å²) in [6.07, 6.45) is 4.13. The molecule has 11 heteroatoms. The molecule has 1 unspecified atom stereocenters. The van der Waals surface area contributed by atoms with Gasteiger partial charge in [-0.05, 0) is 36.3 Å². The van der Waals surface area contributed by atoms with E-state index < -0.39 is 35.3 Å². The van der Waals surface area contributed by atoms with Gasteiger partial charge in [0, 0.05) is 31.8 Å². The van der Waals surface area contributed by atoms with E-state index in [9.17, 15) is 24.3 Å². The molecule has 43 heavy (non-hydrogen) atoms. The number of hydrogen-bond donors (Lipinski definition) is 4. The summed E-state index contributed by atoms with van der Waals surface area (Å²) in [5, 5.41) is 13.4. The van der Waals surface area contributed by atoms with Crippen LogP contribution < -0.4 is 16.8 Å². The van der Waals surface area contributed by atoms with Crippen LogP contribution in [0.2, 0.25) is 0 Å². The van der Waals surface area contributed by atoms with E-state index in [4.69, 9.17) is 11.5 Å². The molecule has 10 nitrogen and oxygen atoms in total. The van der Waals surface area contributed by atoms with Crippen molar-refractivity contribution in [3.05, 3.63) is 41.0 Å². The van der Waals surface area contributed by atoms with Gasteiger partial charge in [0.2, 0.25) is 23.6 Å². The predicted octanol–water partition coefficient (Wildman–Crippen LogP) is 3.68. The van der Waals surface area contributed by atoms with Crippen LogP contribution in [0.3, 0.4) is 0 Å². The highest BCUT2D eigenvalue weighted by Gasteiger charge is 2.47. The molecular formula is C32H47N5O5S. The number of rotatable bonds is 15. The monoisotopic (exact) mass is 613 g/mol. The lowest BCUT2D eigenvalue weighted by molar-refractivity contribution is -0.149. The van der Waals surface area contributed by atoms with Crippen molar-refractivity contribution in [3.63, 3.8) is 0 Å². The standard InChI is InChI=1S/C32H47N5O5S/c1-20-28(43-19-36-20)22-14-12-21(13-15-22)17-35-30(41)25-16-23(38)18-37(25)31(42)27(32(2,3)4)24(29(34)40)10-8-6-5-7-9-11-26(33)39/h12-15,19,23-25,27,38H,5-11,16-18H2,1-4H3,(H2,33,39)(H2,34,40)(H,35,41)/t23-,24?,25+,27-/m1/s1. The van der Waals surface area contributed by atoms with Gasteiger partial charge >= 0.3 is 0 Å². The van der Waals surface area contributed by atoms with Gasteiger partial charge in [-0.2, -0.15) is 0 Å². The van der Waals surface area contributed by atoms with Crippen molar-refractivity contribution in [2.45, 2.75) is 97.8 Å². The lowest BCUT2D eigenvalue weighted by atomic mass is 9.70. The molecule has 236 valence electrons. The summed E-state index contributed by atoms with van der Waals surface area (Å²) >= 11 is 1.58. The number of aliphatic hydroxyl groups excluding tert-OH is 1. The molecule has 1 fully saturated rings. The predicted molar refractivity (Wildman–Crippen MR) is 167 cm³/mol. The molecule has 6 N–H and O–H groups in total. The summed E-state index contributed by atoms with van der Waals surface area (Å²) in [6, 6.07) is 7.05. The molecule has 3 rings (SSSR count). The molecule has 0 aliphatic carbocycles. The Kier molecular flexibility index (Phi) is 12.3. The lowest BCUT2D eigenvalue weighted by Crippen LogP contribution is -2.52. The Morgan fingerprint density at radius 3 is 2.30 bits per heavy atom. The highest BCUT2D eigenvalue weighted by Crippen LogP contribution is 2.38. The zero-order valence-electron chi connectivity index (χ0n) is 25.8. The van der Waals surface area contributed by atoms with Gasteiger partial charge < -0.3 is 26.8 Å². The number of amides is 4. The number of primary amides is 2. The van der Waals surface area contributed by atoms with Gasteiger partial charge in [-0.3, -0.25) is 19.2 Å². The van der Waals surface area contributed by atoms with Crippen LogP contribution in [0.5, 0.6) is 0 Å². The zero-order valence-corrected chi connectivity index (χ0v) is 26.6. The molecule has 0 spiro atoms. The fraction of sp³-hybridized carbons (Fsp3) is 0.594. The second-order valence-corrected chi connectivity index (χ2v) is 13.6. The third kappa shape index (κ3) is 9.59. The minimum absolute atomic E-state index is 0.0255. The molecule has 0 bridgehead atoms. The van der Waals surface area contributed by atoms with Crippen LogP contribution in [-0.2, 0) is 25.7 Å². The molecule has 2 aromatic rings. The molecule has 1 aliphatic rings. The van der Waals surface area contributed by atoms with Crippen LogP contribution in [0.25, 0.3) is 10.4 Å². The van der Waals surface area contributed by atoms with E-state index >= 15 is 0 Å². The van der Waals surface area contributed by atoms with E-state index in [2.05, 4.69) is 10.3 Å². The number of aliphatic hydroxyl groups is 1. The number of β-amino-alcohol motifs (C(OH)–C–C–N with tert-alkyl or cyclic N) is 1. The minimum atomic E-state index is -0.842. The van der Waals surface area contributed by atoms with E-state index in [0.29, 0.717) is 19.3 Å². The van der Waals surface area contributed by atoms with E-state index in [1.165, 1.54) is 4.90 Å². The Morgan fingerprint density at radius 2 is 1.72 bits per heavy atom. The molecule has 1 aromatic carbocycles. The van der Waals surface area contributed by atoms with E-state index in [1.54, 1.807) is 11.3 Å². The normalized spacial score (nSPS) is 18.3. The van der Waals surface area contributed by atoms with Crippen LogP contribution in [0.4, 0.5) is 0 Å². The molecule has 4 atom stereocenters. The fourth-order valence-corrected chi connectivity index (χ4v) is 6.77. The smallest absolute Gasteiger partial charge is 0.243 e. The molecule has 1 saturated heterocycles. The first-order chi connectivity index (χ1) is 20.3. The second-order valence-electron chi connectivity index (χ2n) is 12.7. The van der Waals surface area contributed by atoms with Crippen molar-refractivity contribution in [2.24, 2.45) is 28.7 Å².